The van der Waals surface area contributed by atoms with Gasteiger partial charge in [0.15, 0.2) is 0 Å². The van der Waals surface area contributed by atoms with Crippen LogP contribution in [0.4, 0.5) is 0 Å². The molecule has 1 aliphatic rings. The minimum absolute atomic E-state index is 0.0383. The number of aryl methyl sites for hydroxylation is 2. The van der Waals surface area contributed by atoms with Crippen LogP contribution in [0, 0.1) is 6.92 Å². The lowest BCUT2D eigenvalue weighted by Crippen LogP contribution is -2.34. The summed E-state index contributed by atoms with van der Waals surface area (Å²) in [5, 5.41) is 0.752. The van der Waals surface area contributed by atoms with Gasteiger partial charge < -0.3 is 0 Å². The first-order valence-corrected chi connectivity index (χ1v) is 7.74. The predicted molar refractivity (Wildman–Crippen MR) is 86.2 cm³/mol. The fourth-order valence-corrected chi connectivity index (χ4v) is 3.66. The average molecular weight is 302 g/mol. The number of rotatable bonds is 3. The number of aromatic nitrogens is 1. The molecular formula is C17H20ClN3. The van der Waals surface area contributed by atoms with E-state index in [2.05, 4.69) is 29.5 Å². The zero-order chi connectivity index (χ0) is 14.8. The Bertz CT molecular complexity index is 621. The van der Waals surface area contributed by atoms with Crippen LogP contribution in [0.1, 0.15) is 47.2 Å². The Morgan fingerprint density at radius 1 is 1.38 bits per heavy atom. The second-order valence-corrected chi connectivity index (χ2v) is 6.19. The van der Waals surface area contributed by atoms with E-state index in [0.29, 0.717) is 0 Å². The smallest absolute Gasteiger partial charge is 0.0544 e. The maximum Gasteiger partial charge on any atom is 0.0544 e. The third-order valence-electron chi connectivity index (χ3n) is 4.24. The van der Waals surface area contributed by atoms with Gasteiger partial charge in [-0.15, -0.1) is 0 Å². The molecule has 1 aliphatic carbocycles. The van der Waals surface area contributed by atoms with Crippen molar-refractivity contribution in [2.45, 2.75) is 38.1 Å². The molecule has 1 heterocycles. The minimum atomic E-state index is 0.0383. The van der Waals surface area contributed by atoms with E-state index in [1.807, 2.05) is 24.4 Å². The first-order chi connectivity index (χ1) is 10.2. The summed E-state index contributed by atoms with van der Waals surface area (Å²) in [4.78, 5) is 4.61. The van der Waals surface area contributed by atoms with E-state index in [-0.39, 0.29) is 12.0 Å². The number of hydrogen-bond acceptors (Lipinski definition) is 3. The topological polar surface area (TPSA) is 50.9 Å². The molecule has 110 valence electrons. The molecule has 0 spiro atoms. The number of halogens is 1. The first kappa shape index (κ1) is 14.5. The van der Waals surface area contributed by atoms with Gasteiger partial charge in [-0.2, -0.15) is 0 Å². The van der Waals surface area contributed by atoms with Gasteiger partial charge in [0.2, 0.25) is 0 Å². The number of nitrogens with one attached hydrogen (secondary N) is 1. The van der Waals surface area contributed by atoms with Gasteiger partial charge in [-0.1, -0.05) is 23.7 Å². The van der Waals surface area contributed by atoms with Crippen molar-refractivity contribution in [3.05, 3.63) is 63.9 Å². The summed E-state index contributed by atoms with van der Waals surface area (Å²) in [6.07, 6.45) is 5.23. The monoisotopic (exact) mass is 301 g/mol. The molecule has 1 aromatic heterocycles. The van der Waals surface area contributed by atoms with Crippen LogP contribution in [0.3, 0.4) is 0 Å². The van der Waals surface area contributed by atoms with E-state index < -0.39 is 0 Å². The Kier molecular flexibility index (Phi) is 4.24. The van der Waals surface area contributed by atoms with Gasteiger partial charge in [0.25, 0.3) is 0 Å². The maximum atomic E-state index is 6.21. The molecule has 2 aromatic rings. The summed E-state index contributed by atoms with van der Waals surface area (Å²) in [6, 6.07) is 10.3. The molecule has 21 heavy (non-hydrogen) atoms. The number of nitrogens with zero attached hydrogens (tertiary/aromatic N) is 1. The molecule has 3 rings (SSSR count). The molecule has 0 amide bonds. The highest BCUT2D eigenvalue weighted by atomic mass is 35.5. The number of pyridine rings is 1. The predicted octanol–water partition coefficient (Wildman–Crippen LogP) is 3.67. The van der Waals surface area contributed by atoms with Gasteiger partial charge in [-0.3, -0.25) is 16.3 Å². The second kappa shape index (κ2) is 6.14. The molecule has 0 saturated carbocycles. The summed E-state index contributed by atoms with van der Waals surface area (Å²) in [5.74, 6) is 6.16. The number of hydrogen-bond donors (Lipinski definition) is 2. The van der Waals surface area contributed by atoms with E-state index in [9.17, 15) is 0 Å². The van der Waals surface area contributed by atoms with Crippen LogP contribution in [-0.2, 0) is 6.42 Å². The van der Waals surface area contributed by atoms with Crippen molar-refractivity contribution in [2.24, 2.45) is 5.84 Å². The van der Waals surface area contributed by atoms with Crippen LogP contribution >= 0.6 is 11.6 Å². The van der Waals surface area contributed by atoms with Crippen molar-refractivity contribution in [1.29, 1.82) is 0 Å². The largest absolute Gasteiger partial charge is 0.271 e. The third kappa shape index (κ3) is 2.95. The quantitative estimate of drug-likeness (QED) is 0.672. The van der Waals surface area contributed by atoms with Crippen LogP contribution in [0.15, 0.2) is 36.5 Å². The van der Waals surface area contributed by atoms with Crippen molar-refractivity contribution in [3.8, 4) is 0 Å². The van der Waals surface area contributed by atoms with Crippen molar-refractivity contribution in [2.75, 3.05) is 0 Å². The van der Waals surface area contributed by atoms with E-state index in [0.717, 1.165) is 29.0 Å². The maximum absolute atomic E-state index is 6.21. The fourth-order valence-electron chi connectivity index (χ4n) is 3.36. The summed E-state index contributed by atoms with van der Waals surface area (Å²) < 4.78 is 0. The molecule has 0 aliphatic heterocycles. The first-order valence-electron chi connectivity index (χ1n) is 7.36. The van der Waals surface area contributed by atoms with Crippen molar-refractivity contribution < 1.29 is 0 Å². The lowest BCUT2D eigenvalue weighted by atomic mass is 9.79. The Balaban J connectivity index is 2.01. The molecule has 0 saturated heterocycles. The molecule has 1 aromatic carbocycles. The molecule has 2 unspecified atom stereocenters. The van der Waals surface area contributed by atoms with Crippen molar-refractivity contribution >= 4 is 11.6 Å². The van der Waals surface area contributed by atoms with Crippen molar-refractivity contribution in [1.82, 2.24) is 10.4 Å². The molecular weight excluding hydrogens is 282 g/mol. The summed E-state index contributed by atoms with van der Waals surface area (Å²) in [7, 11) is 0. The van der Waals surface area contributed by atoms with Gasteiger partial charge in [-0.25, -0.2) is 0 Å². The van der Waals surface area contributed by atoms with E-state index in [4.69, 9.17) is 17.4 Å². The highest BCUT2D eigenvalue weighted by molar-refractivity contribution is 6.30. The normalized spacial score (nSPS) is 19.1. The summed E-state index contributed by atoms with van der Waals surface area (Å²) >= 11 is 6.21. The van der Waals surface area contributed by atoms with E-state index >= 15 is 0 Å². The summed E-state index contributed by atoms with van der Waals surface area (Å²) in [6.45, 7) is 2.05. The highest BCUT2D eigenvalue weighted by Crippen LogP contribution is 2.39. The molecule has 0 bridgehead atoms. The van der Waals surface area contributed by atoms with Crippen LogP contribution in [0.2, 0.25) is 5.02 Å². The Hall–Kier alpha value is -1.42. The van der Waals surface area contributed by atoms with E-state index in [1.165, 1.54) is 17.7 Å². The second-order valence-electron chi connectivity index (χ2n) is 5.75. The Morgan fingerprint density at radius 3 is 3.00 bits per heavy atom. The van der Waals surface area contributed by atoms with Crippen LogP contribution in [0.5, 0.6) is 0 Å². The van der Waals surface area contributed by atoms with Gasteiger partial charge in [0, 0.05) is 22.8 Å². The fraction of sp³-hybridized carbons (Fsp3) is 0.353. The van der Waals surface area contributed by atoms with Gasteiger partial charge in [0.05, 0.1) is 6.04 Å². The van der Waals surface area contributed by atoms with Crippen LogP contribution in [-0.4, -0.2) is 4.98 Å². The molecule has 0 radical (unpaired) electrons. The third-order valence-corrected chi connectivity index (χ3v) is 4.46. The number of hydrazine groups is 1. The highest BCUT2D eigenvalue weighted by Gasteiger charge is 2.29. The zero-order valence-corrected chi connectivity index (χ0v) is 12.9. The molecule has 3 nitrogen and oxygen atoms in total. The Morgan fingerprint density at radius 2 is 2.24 bits per heavy atom. The lowest BCUT2D eigenvalue weighted by molar-refractivity contribution is 0.400. The van der Waals surface area contributed by atoms with Gasteiger partial charge >= 0.3 is 0 Å². The van der Waals surface area contributed by atoms with Gasteiger partial charge in [0.1, 0.15) is 0 Å². The molecule has 3 N–H and O–H groups in total. The van der Waals surface area contributed by atoms with Crippen LogP contribution < -0.4 is 11.3 Å². The Labute approximate surface area is 130 Å². The average Bonchev–Trinajstić information content (AvgIpc) is 2.47. The molecule has 4 heteroatoms. The molecule has 2 atom stereocenters. The van der Waals surface area contributed by atoms with Crippen molar-refractivity contribution in [3.63, 3.8) is 0 Å². The van der Waals surface area contributed by atoms with E-state index in [1.54, 1.807) is 0 Å². The van der Waals surface area contributed by atoms with Crippen LogP contribution in [0.25, 0.3) is 0 Å². The molecule has 0 fully saturated rings. The van der Waals surface area contributed by atoms with Gasteiger partial charge in [-0.05, 0) is 61.1 Å². The standard InChI is InChI=1S/C17H20ClN3/c1-11-8-13(10-14(18)9-11)17(21-19)15-6-2-4-12-5-3-7-20-16(12)15/h3,5,7-10,15,17,21H,2,4,6,19H2,1H3. The number of benzene rings is 1. The minimum Gasteiger partial charge on any atom is -0.271 e. The SMILES string of the molecule is Cc1cc(Cl)cc(C(NN)C2CCCc3cccnc32)c1. The number of nitrogens with two attached hydrogens (primary N) is 1. The zero-order valence-electron chi connectivity index (χ0n) is 12.1. The number of fused-ring (bicyclic) bond motifs is 1. The summed E-state index contributed by atoms with van der Waals surface area (Å²) in [5.41, 5.74) is 7.77. The lowest BCUT2D eigenvalue weighted by Gasteiger charge is -2.31.